The third-order valence-electron chi connectivity index (χ3n) is 4.57. The van der Waals surface area contributed by atoms with E-state index in [0.717, 1.165) is 33.5 Å². The zero-order valence-electron chi connectivity index (χ0n) is 14.3. The van der Waals surface area contributed by atoms with Crippen molar-refractivity contribution in [3.05, 3.63) is 84.6 Å². The molecule has 4 heteroatoms. The number of aryl methyl sites for hydroxylation is 1. The summed E-state index contributed by atoms with van der Waals surface area (Å²) in [6, 6.07) is 24.8. The van der Waals surface area contributed by atoms with Crippen LogP contribution in [0.4, 0.5) is 0 Å². The lowest BCUT2D eigenvalue weighted by Gasteiger charge is -2.09. The normalized spacial score (nSPS) is 11.3. The second-order valence-corrected chi connectivity index (χ2v) is 6.37. The van der Waals surface area contributed by atoms with Crippen molar-refractivity contribution >= 4 is 16.7 Å². The lowest BCUT2D eigenvalue weighted by atomic mass is 10.1. The summed E-state index contributed by atoms with van der Waals surface area (Å²) >= 11 is 0. The SMILES string of the molecule is Cc1ccc(-c2cc(-c3ccccc3)nc3c4cccnc4nn23)cc1. The van der Waals surface area contributed by atoms with Gasteiger partial charge in [-0.15, -0.1) is 5.10 Å². The minimum Gasteiger partial charge on any atom is -0.235 e. The summed E-state index contributed by atoms with van der Waals surface area (Å²) in [6.07, 6.45) is 1.76. The summed E-state index contributed by atoms with van der Waals surface area (Å²) in [7, 11) is 0. The molecule has 0 aliphatic heterocycles. The van der Waals surface area contributed by atoms with E-state index in [1.807, 2.05) is 34.8 Å². The van der Waals surface area contributed by atoms with Crippen LogP contribution in [0.2, 0.25) is 0 Å². The van der Waals surface area contributed by atoms with E-state index in [-0.39, 0.29) is 0 Å². The number of fused-ring (bicyclic) bond motifs is 3. The highest BCUT2D eigenvalue weighted by atomic mass is 15.3. The van der Waals surface area contributed by atoms with E-state index in [2.05, 4.69) is 54.4 Å². The van der Waals surface area contributed by atoms with Crippen molar-refractivity contribution in [1.82, 2.24) is 19.6 Å². The van der Waals surface area contributed by atoms with Crippen LogP contribution < -0.4 is 0 Å². The van der Waals surface area contributed by atoms with Gasteiger partial charge in [-0.25, -0.2) is 14.5 Å². The Kier molecular flexibility index (Phi) is 3.28. The topological polar surface area (TPSA) is 43.1 Å². The highest BCUT2D eigenvalue weighted by molar-refractivity contribution is 5.91. The summed E-state index contributed by atoms with van der Waals surface area (Å²) in [6.45, 7) is 2.09. The summed E-state index contributed by atoms with van der Waals surface area (Å²) in [5.74, 6) is 0. The average molecular weight is 336 g/mol. The molecular formula is C22H16N4. The van der Waals surface area contributed by atoms with Crippen molar-refractivity contribution in [2.45, 2.75) is 6.92 Å². The molecule has 0 radical (unpaired) electrons. The molecule has 2 aromatic carbocycles. The molecule has 0 saturated heterocycles. The van der Waals surface area contributed by atoms with E-state index in [0.29, 0.717) is 5.65 Å². The van der Waals surface area contributed by atoms with Gasteiger partial charge in [0.1, 0.15) is 0 Å². The van der Waals surface area contributed by atoms with Crippen molar-refractivity contribution in [1.29, 1.82) is 0 Å². The van der Waals surface area contributed by atoms with E-state index >= 15 is 0 Å². The number of aromatic nitrogens is 4. The maximum absolute atomic E-state index is 4.90. The van der Waals surface area contributed by atoms with Crippen LogP contribution in [0.15, 0.2) is 79.0 Å². The standard InChI is InChI=1S/C22H16N4/c1-15-9-11-17(12-10-15)20-14-19(16-6-3-2-4-7-16)24-22-18-8-5-13-23-21(18)25-26(20)22/h2-14H,1H3. The maximum Gasteiger partial charge on any atom is 0.183 e. The van der Waals surface area contributed by atoms with Gasteiger partial charge in [-0.2, -0.15) is 0 Å². The second kappa shape index (κ2) is 5.77. The monoisotopic (exact) mass is 336 g/mol. The third-order valence-corrected chi connectivity index (χ3v) is 4.57. The summed E-state index contributed by atoms with van der Waals surface area (Å²) in [4.78, 5) is 9.30. The van der Waals surface area contributed by atoms with Crippen LogP contribution in [0.5, 0.6) is 0 Å². The van der Waals surface area contributed by atoms with Crippen LogP contribution >= 0.6 is 0 Å². The first-order valence-electron chi connectivity index (χ1n) is 8.56. The van der Waals surface area contributed by atoms with Crippen molar-refractivity contribution in [3.63, 3.8) is 0 Å². The van der Waals surface area contributed by atoms with Crippen molar-refractivity contribution in [3.8, 4) is 22.5 Å². The quantitative estimate of drug-likeness (QED) is 0.459. The highest BCUT2D eigenvalue weighted by Gasteiger charge is 2.14. The van der Waals surface area contributed by atoms with E-state index in [1.54, 1.807) is 6.20 Å². The van der Waals surface area contributed by atoms with Crippen LogP contribution in [0.1, 0.15) is 5.56 Å². The molecule has 4 nitrogen and oxygen atoms in total. The van der Waals surface area contributed by atoms with Crippen LogP contribution in [-0.2, 0) is 0 Å². The van der Waals surface area contributed by atoms with Crippen molar-refractivity contribution < 1.29 is 0 Å². The van der Waals surface area contributed by atoms with Crippen LogP contribution in [0, 0.1) is 6.92 Å². The first-order valence-corrected chi connectivity index (χ1v) is 8.56. The molecule has 124 valence electrons. The van der Waals surface area contributed by atoms with Gasteiger partial charge < -0.3 is 0 Å². The van der Waals surface area contributed by atoms with Gasteiger partial charge in [-0.1, -0.05) is 60.2 Å². The van der Waals surface area contributed by atoms with Gasteiger partial charge in [0, 0.05) is 17.3 Å². The lowest BCUT2D eigenvalue weighted by molar-refractivity contribution is 0.958. The van der Waals surface area contributed by atoms with Gasteiger partial charge >= 0.3 is 0 Å². The molecule has 3 heterocycles. The molecule has 5 rings (SSSR count). The predicted octanol–water partition coefficient (Wildman–Crippen LogP) is 4.92. The predicted molar refractivity (Wildman–Crippen MR) is 104 cm³/mol. The third kappa shape index (κ3) is 2.35. The molecule has 0 unspecified atom stereocenters. The highest BCUT2D eigenvalue weighted by Crippen LogP contribution is 2.29. The number of benzene rings is 2. The zero-order chi connectivity index (χ0) is 17.5. The van der Waals surface area contributed by atoms with E-state index < -0.39 is 0 Å². The number of rotatable bonds is 2. The maximum atomic E-state index is 4.90. The van der Waals surface area contributed by atoms with Gasteiger partial charge in [0.05, 0.1) is 16.8 Å². The first-order chi connectivity index (χ1) is 12.8. The van der Waals surface area contributed by atoms with Crippen LogP contribution in [-0.4, -0.2) is 19.6 Å². The van der Waals surface area contributed by atoms with Gasteiger partial charge in [-0.3, -0.25) is 0 Å². The number of hydrogen-bond donors (Lipinski definition) is 0. The molecule has 0 amide bonds. The molecule has 0 spiro atoms. The fourth-order valence-electron chi connectivity index (χ4n) is 3.21. The fourth-order valence-corrected chi connectivity index (χ4v) is 3.21. The van der Waals surface area contributed by atoms with Crippen LogP contribution in [0.25, 0.3) is 39.2 Å². The molecule has 0 saturated carbocycles. The number of pyridine rings is 1. The lowest BCUT2D eigenvalue weighted by Crippen LogP contribution is -1.98. The van der Waals surface area contributed by atoms with Gasteiger partial charge in [0.25, 0.3) is 0 Å². The molecule has 3 aromatic heterocycles. The smallest absolute Gasteiger partial charge is 0.183 e. The van der Waals surface area contributed by atoms with E-state index in [4.69, 9.17) is 10.1 Å². The van der Waals surface area contributed by atoms with E-state index in [1.165, 1.54) is 5.56 Å². The molecule has 0 bridgehead atoms. The minimum absolute atomic E-state index is 0.707. The molecule has 26 heavy (non-hydrogen) atoms. The summed E-state index contributed by atoms with van der Waals surface area (Å²) in [5.41, 5.74) is 6.89. The Labute approximate surface area is 150 Å². The van der Waals surface area contributed by atoms with E-state index in [9.17, 15) is 0 Å². The zero-order valence-corrected chi connectivity index (χ0v) is 14.3. The second-order valence-electron chi connectivity index (χ2n) is 6.37. The molecular weight excluding hydrogens is 320 g/mol. The fraction of sp³-hybridized carbons (Fsp3) is 0.0455. The Morgan fingerprint density at radius 3 is 2.42 bits per heavy atom. The Morgan fingerprint density at radius 2 is 1.62 bits per heavy atom. The number of nitrogens with zero attached hydrogens (tertiary/aromatic N) is 4. The van der Waals surface area contributed by atoms with Gasteiger partial charge in [-0.05, 0) is 25.1 Å². The molecule has 5 aromatic rings. The van der Waals surface area contributed by atoms with Gasteiger partial charge in [0.2, 0.25) is 0 Å². The van der Waals surface area contributed by atoms with Crippen molar-refractivity contribution in [2.75, 3.05) is 0 Å². The molecule has 0 aliphatic carbocycles. The summed E-state index contributed by atoms with van der Waals surface area (Å²) in [5, 5.41) is 5.65. The first kappa shape index (κ1) is 14.8. The molecule has 0 atom stereocenters. The van der Waals surface area contributed by atoms with Crippen molar-refractivity contribution in [2.24, 2.45) is 0 Å². The Morgan fingerprint density at radius 1 is 0.808 bits per heavy atom. The Balaban J connectivity index is 1.88. The van der Waals surface area contributed by atoms with Crippen LogP contribution in [0.3, 0.4) is 0 Å². The largest absolute Gasteiger partial charge is 0.235 e. The Hall–Kier alpha value is -3.53. The molecule has 0 fully saturated rings. The molecule has 0 N–H and O–H groups in total. The summed E-state index contributed by atoms with van der Waals surface area (Å²) < 4.78 is 1.90. The Bertz CT molecular complexity index is 1220. The van der Waals surface area contributed by atoms with Gasteiger partial charge in [0.15, 0.2) is 11.3 Å². The number of hydrogen-bond acceptors (Lipinski definition) is 3. The average Bonchev–Trinajstić information content (AvgIpc) is 3.07. The minimum atomic E-state index is 0.707. The molecule has 0 aliphatic rings.